The molecule has 2 aromatic carbocycles. The van der Waals surface area contributed by atoms with Crippen LogP contribution in [0.3, 0.4) is 0 Å². The molecule has 0 heterocycles. The molecule has 0 bridgehead atoms. The maximum absolute atomic E-state index is 15.1. The minimum absolute atomic E-state index is 0.231. The van der Waals surface area contributed by atoms with Crippen molar-refractivity contribution in [2.45, 2.75) is 29.6 Å². The van der Waals surface area contributed by atoms with E-state index >= 15 is 26.3 Å². The Hall–Kier alpha value is -4.74. The Labute approximate surface area is 241 Å². The maximum atomic E-state index is 15.1. The second-order valence-electron chi connectivity index (χ2n) is 9.59. The zero-order chi connectivity index (χ0) is 31.7. The molecule has 43 heavy (non-hydrogen) atoms. The van der Waals surface area contributed by atoms with Crippen molar-refractivity contribution in [1.82, 2.24) is 0 Å². The van der Waals surface area contributed by atoms with E-state index in [1.165, 1.54) is 12.2 Å². The summed E-state index contributed by atoms with van der Waals surface area (Å²) in [7, 11) is 0. The molecule has 4 rings (SSSR count). The van der Waals surface area contributed by atoms with Crippen LogP contribution in [0.5, 0.6) is 11.5 Å². The van der Waals surface area contributed by atoms with Crippen LogP contribution in [-0.2, 0) is 24.6 Å². The third kappa shape index (κ3) is 5.33. The van der Waals surface area contributed by atoms with Crippen molar-refractivity contribution in [2.75, 3.05) is 13.2 Å². The lowest BCUT2D eigenvalue weighted by Gasteiger charge is -2.39. The highest BCUT2D eigenvalue weighted by atomic mass is 19.4. The van der Waals surface area contributed by atoms with Gasteiger partial charge in [-0.1, -0.05) is 37.4 Å². The van der Waals surface area contributed by atoms with Crippen LogP contribution in [0.4, 0.5) is 26.3 Å². The number of alkyl halides is 6. The predicted molar refractivity (Wildman–Crippen MR) is 141 cm³/mol. The molecule has 12 heteroatoms. The predicted octanol–water partition coefficient (Wildman–Crippen LogP) is 5.81. The number of ether oxygens (including phenoxy) is 2. The molecule has 2 aliphatic carbocycles. The van der Waals surface area contributed by atoms with Crippen LogP contribution in [-0.4, -0.2) is 48.7 Å². The minimum Gasteiger partial charge on any atom is -0.489 e. The molecule has 0 spiro atoms. The van der Waals surface area contributed by atoms with Gasteiger partial charge in [-0.3, -0.25) is 19.2 Å². The van der Waals surface area contributed by atoms with E-state index < -0.39 is 75.0 Å². The van der Waals surface area contributed by atoms with Gasteiger partial charge in [-0.2, -0.15) is 26.3 Å². The van der Waals surface area contributed by atoms with Gasteiger partial charge in [0.2, 0.25) is 5.41 Å². The summed E-state index contributed by atoms with van der Waals surface area (Å²) in [4.78, 5) is 50.0. The van der Waals surface area contributed by atoms with Crippen LogP contribution >= 0.6 is 0 Å². The van der Waals surface area contributed by atoms with E-state index in [0.717, 1.165) is 36.4 Å². The third-order valence-corrected chi connectivity index (χ3v) is 7.03. The molecule has 0 amide bonds. The summed E-state index contributed by atoms with van der Waals surface area (Å²) < 4.78 is 101. The highest BCUT2D eigenvalue weighted by Gasteiger charge is 2.72. The van der Waals surface area contributed by atoms with E-state index in [2.05, 4.69) is 13.2 Å². The fraction of sp³-hybridized carbons (Fsp3) is 0.226. The highest BCUT2D eigenvalue weighted by molar-refractivity contribution is 6.23. The van der Waals surface area contributed by atoms with E-state index in [1.54, 1.807) is 0 Å². The largest absolute Gasteiger partial charge is 0.489 e. The first kappa shape index (κ1) is 31.2. The molecule has 0 N–H and O–H groups in total. The lowest BCUT2D eigenvalue weighted by atomic mass is 9.71. The van der Waals surface area contributed by atoms with Gasteiger partial charge in [0, 0.05) is 11.1 Å². The van der Waals surface area contributed by atoms with Crippen LogP contribution in [0.2, 0.25) is 0 Å². The number of hydrogen-bond donors (Lipinski definition) is 0. The van der Waals surface area contributed by atoms with Crippen LogP contribution in [0.1, 0.15) is 34.1 Å². The van der Waals surface area contributed by atoms with Crippen molar-refractivity contribution in [3.8, 4) is 11.5 Å². The first-order valence-electron chi connectivity index (χ1n) is 12.6. The van der Waals surface area contributed by atoms with E-state index in [0.29, 0.717) is 24.3 Å². The Bertz CT molecular complexity index is 1430. The van der Waals surface area contributed by atoms with Crippen molar-refractivity contribution < 1.29 is 55.0 Å². The first-order valence-corrected chi connectivity index (χ1v) is 12.6. The van der Waals surface area contributed by atoms with Gasteiger partial charge in [-0.15, -0.1) is 0 Å². The van der Waals surface area contributed by atoms with Gasteiger partial charge in [-0.25, -0.2) is 0 Å². The zero-order valence-corrected chi connectivity index (χ0v) is 22.1. The van der Waals surface area contributed by atoms with Crippen molar-refractivity contribution in [3.05, 3.63) is 108 Å². The van der Waals surface area contributed by atoms with Gasteiger partial charge in [0.1, 0.15) is 36.5 Å². The van der Waals surface area contributed by atoms with Crippen LogP contribution < -0.4 is 9.47 Å². The SMILES string of the molecule is C=CCOc1ccc(C(c2ccc(OCC=C)c(C3C(=O)C=CC3=O)c2)(C(F)(F)F)C(F)(F)F)cc1C1C(=O)C=CC1=O. The third-order valence-electron chi connectivity index (χ3n) is 7.03. The molecule has 0 unspecified atom stereocenters. The first-order chi connectivity index (χ1) is 20.2. The molecular weight excluding hydrogens is 582 g/mol. The number of rotatable bonds is 10. The number of hydrogen-bond acceptors (Lipinski definition) is 6. The highest BCUT2D eigenvalue weighted by Crippen LogP contribution is 2.57. The van der Waals surface area contributed by atoms with Crippen LogP contribution in [0.15, 0.2) is 86.0 Å². The lowest BCUT2D eigenvalue weighted by Crippen LogP contribution is -2.55. The average Bonchev–Trinajstić information content (AvgIpc) is 3.44. The average molecular weight is 604 g/mol. The molecule has 0 saturated heterocycles. The topological polar surface area (TPSA) is 86.7 Å². The normalized spacial score (nSPS) is 16.3. The molecule has 0 aliphatic heterocycles. The van der Waals surface area contributed by atoms with E-state index in [-0.39, 0.29) is 24.7 Å². The second kappa shape index (κ2) is 11.5. The van der Waals surface area contributed by atoms with Gasteiger partial charge in [-0.05, 0) is 59.7 Å². The van der Waals surface area contributed by atoms with E-state index in [9.17, 15) is 19.2 Å². The number of carbonyl (C=O) groups is 4. The monoisotopic (exact) mass is 604 g/mol. The summed E-state index contributed by atoms with van der Waals surface area (Å²) in [5.74, 6) is -7.47. The molecular formula is C31H22F6O6. The second-order valence-corrected chi connectivity index (χ2v) is 9.59. The van der Waals surface area contributed by atoms with Crippen molar-refractivity contribution >= 4 is 23.1 Å². The number of benzene rings is 2. The molecule has 0 atom stereocenters. The molecule has 2 aliphatic rings. The molecule has 224 valence electrons. The minimum atomic E-state index is -6.07. The Balaban J connectivity index is 2.06. The molecule has 0 saturated carbocycles. The Morgan fingerprint density at radius 2 is 0.930 bits per heavy atom. The molecule has 0 fully saturated rings. The summed E-state index contributed by atoms with van der Waals surface area (Å²) in [5, 5.41) is 0. The fourth-order valence-corrected chi connectivity index (χ4v) is 5.16. The fourth-order valence-electron chi connectivity index (χ4n) is 5.16. The molecule has 0 radical (unpaired) electrons. The van der Waals surface area contributed by atoms with E-state index in [1.807, 2.05) is 0 Å². The standard InChI is InChI=1S/C31H22F6O6/c1-3-13-42-25-11-5-17(15-19(25)27-21(38)7-8-22(27)39)29(30(32,33)34,31(35,36)37)18-6-12-26(43-14-4-2)20(16-18)28-23(40)9-10-24(28)41/h3-12,15-16,27-28H,1-2,13-14H2. The van der Waals surface area contributed by atoms with Crippen molar-refractivity contribution in [1.29, 1.82) is 0 Å². The van der Waals surface area contributed by atoms with Gasteiger partial charge in [0.15, 0.2) is 23.1 Å². The number of carbonyl (C=O) groups excluding carboxylic acids is 4. The Kier molecular flexibility index (Phi) is 8.35. The van der Waals surface area contributed by atoms with Gasteiger partial charge >= 0.3 is 12.4 Å². The number of ketones is 4. The molecule has 6 nitrogen and oxygen atoms in total. The maximum Gasteiger partial charge on any atom is 0.411 e. The van der Waals surface area contributed by atoms with Gasteiger partial charge in [0.25, 0.3) is 0 Å². The quantitative estimate of drug-likeness (QED) is 0.193. The summed E-state index contributed by atoms with van der Waals surface area (Å²) in [5.41, 5.74) is -8.53. The smallest absolute Gasteiger partial charge is 0.411 e. The Morgan fingerprint density at radius 3 is 1.21 bits per heavy atom. The lowest BCUT2D eigenvalue weighted by molar-refractivity contribution is -0.288. The van der Waals surface area contributed by atoms with Crippen LogP contribution in [0, 0.1) is 0 Å². The summed E-state index contributed by atoms with van der Waals surface area (Å²) in [6.45, 7) is 6.41. The van der Waals surface area contributed by atoms with Gasteiger partial charge < -0.3 is 9.47 Å². The van der Waals surface area contributed by atoms with Crippen molar-refractivity contribution in [2.24, 2.45) is 0 Å². The molecule has 2 aromatic rings. The number of allylic oxidation sites excluding steroid dienone is 4. The van der Waals surface area contributed by atoms with E-state index in [4.69, 9.17) is 9.47 Å². The summed E-state index contributed by atoms with van der Waals surface area (Å²) >= 11 is 0. The molecule has 0 aromatic heterocycles. The van der Waals surface area contributed by atoms with Gasteiger partial charge in [0.05, 0.1) is 0 Å². The van der Waals surface area contributed by atoms with Crippen molar-refractivity contribution in [3.63, 3.8) is 0 Å². The zero-order valence-electron chi connectivity index (χ0n) is 22.1. The number of halogens is 6. The Morgan fingerprint density at radius 1 is 0.605 bits per heavy atom. The summed E-state index contributed by atoms with van der Waals surface area (Å²) in [6, 6.07) is 3.65. The summed E-state index contributed by atoms with van der Waals surface area (Å²) in [6.07, 6.45) is -6.16. The van der Waals surface area contributed by atoms with Crippen LogP contribution in [0.25, 0.3) is 0 Å².